The topological polar surface area (TPSA) is 155 Å². The number of para-hydroxylation sites is 1. The molecule has 0 spiro atoms. The first-order chi connectivity index (χ1) is 12.1. The number of carbonyl (C=O) groups is 1. The molecule has 0 aliphatic heterocycles. The van der Waals surface area contributed by atoms with Crippen molar-refractivity contribution in [1.29, 1.82) is 0 Å². The van der Waals surface area contributed by atoms with E-state index in [4.69, 9.17) is 18.6 Å². The summed E-state index contributed by atoms with van der Waals surface area (Å²) >= 11 is 0. The van der Waals surface area contributed by atoms with Crippen LogP contribution in [0.2, 0.25) is 0 Å². The number of halogens is 1. The van der Waals surface area contributed by atoms with Crippen LogP contribution in [0.3, 0.4) is 0 Å². The van der Waals surface area contributed by atoms with E-state index in [0.29, 0.717) is 11.7 Å². The van der Waals surface area contributed by atoms with Gasteiger partial charge in [0.05, 0.1) is 5.69 Å². The van der Waals surface area contributed by atoms with Crippen LogP contribution in [0.1, 0.15) is 18.3 Å². The number of nitrogens with one attached hydrogen (secondary N) is 1. The minimum absolute atomic E-state index is 0.169. The number of amides is 1. The summed E-state index contributed by atoms with van der Waals surface area (Å²) in [5, 5.41) is 2.76. The van der Waals surface area contributed by atoms with Gasteiger partial charge >= 0.3 is 11.7 Å². The van der Waals surface area contributed by atoms with Gasteiger partial charge in [0, 0.05) is 12.6 Å². The lowest BCUT2D eigenvalue weighted by Crippen LogP contribution is -2.68. The largest absolute Gasteiger partial charge is 0.426 e. The monoisotopic (exact) mass is 381 g/mol. The van der Waals surface area contributed by atoms with Crippen LogP contribution in [0.5, 0.6) is 0 Å². The van der Waals surface area contributed by atoms with E-state index < -0.39 is 10.2 Å². The van der Waals surface area contributed by atoms with Gasteiger partial charge in [-0.2, -0.15) is 9.50 Å². The standard InChI is InChI=1S/C15H15N5O.ClHO4/c1-10-9-11(2)19-14(16-10)18-15(17-12(3)21)20(19)13-7-5-4-6-8-13;2-1(3,4)5/h4-9H,1-3H3;(H,2,3,4,5). The number of benzene rings is 1. The minimum atomic E-state index is -4.94. The molecule has 0 fully saturated rings. The molecule has 26 heavy (non-hydrogen) atoms. The van der Waals surface area contributed by atoms with E-state index in [1.165, 1.54) is 6.92 Å². The molecule has 3 aromatic rings. The fraction of sp³-hybridized carbons (Fsp3) is 0.200. The third kappa shape index (κ3) is 5.18. The summed E-state index contributed by atoms with van der Waals surface area (Å²) in [6, 6.07) is 11.7. The molecule has 0 radical (unpaired) electrons. The third-order valence-corrected chi connectivity index (χ3v) is 3.11. The number of carbonyl (C=O) groups excluding carboxylic acids is 1. The van der Waals surface area contributed by atoms with Crippen molar-refractivity contribution < 1.29 is 38.4 Å². The number of hydrogen-bond donors (Lipinski definition) is 1. The maximum Gasteiger partial charge on any atom is 0.426 e. The van der Waals surface area contributed by atoms with Crippen molar-refractivity contribution in [3.05, 3.63) is 47.8 Å². The van der Waals surface area contributed by atoms with Gasteiger partial charge in [0.25, 0.3) is 5.91 Å². The van der Waals surface area contributed by atoms with E-state index >= 15 is 0 Å². The van der Waals surface area contributed by atoms with Crippen LogP contribution in [0, 0.1) is 24.1 Å². The molecule has 2 aromatic heterocycles. The van der Waals surface area contributed by atoms with Crippen LogP contribution in [0.15, 0.2) is 36.4 Å². The molecule has 0 saturated heterocycles. The smallest absolute Gasteiger partial charge is 0.257 e. The van der Waals surface area contributed by atoms with Gasteiger partial charge in [-0.25, -0.2) is 24.0 Å². The van der Waals surface area contributed by atoms with Gasteiger partial charge in [0.2, 0.25) is 0 Å². The van der Waals surface area contributed by atoms with Crippen molar-refractivity contribution in [2.75, 3.05) is 5.32 Å². The molecule has 11 heteroatoms. The van der Waals surface area contributed by atoms with Crippen molar-refractivity contribution in [2.24, 2.45) is 0 Å². The molecule has 0 atom stereocenters. The van der Waals surface area contributed by atoms with Gasteiger partial charge in [-0.3, -0.25) is 4.79 Å². The summed E-state index contributed by atoms with van der Waals surface area (Å²) in [6.07, 6.45) is 0. The first-order valence-electron chi connectivity index (χ1n) is 7.30. The highest BCUT2D eigenvalue weighted by molar-refractivity contribution is 5.86. The Balaban J connectivity index is 0.000000431. The molecule has 0 aliphatic carbocycles. The lowest BCUT2D eigenvalue weighted by Gasteiger charge is -2.17. The van der Waals surface area contributed by atoms with Gasteiger partial charge in [0.15, 0.2) is 0 Å². The quantitative estimate of drug-likeness (QED) is 0.459. The second-order valence-corrected chi connectivity index (χ2v) is 6.05. The van der Waals surface area contributed by atoms with Gasteiger partial charge in [-0.15, -0.1) is 14.9 Å². The summed E-state index contributed by atoms with van der Waals surface area (Å²) in [5.41, 5.74) is 2.78. The summed E-state index contributed by atoms with van der Waals surface area (Å²) in [4.78, 5) is 20.3. The first kappa shape index (κ1) is 19.7. The summed E-state index contributed by atoms with van der Waals surface area (Å²) < 4.78 is 37.7. The van der Waals surface area contributed by atoms with Crippen LogP contribution in [0.25, 0.3) is 11.5 Å². The Morgan fingerprint density at radius 2 is 1.69 bits per heavy atom. The molecule has 0 bridgehead atoms. The summed E-state index contributed by atoms with van der Waals surface area (Å²) in [5.74, 6) is 0.840. The third-order valence-electron chi connectivity index (χ3n) is 3.11. The van der Waals surface area contributed by atoms with E-state index in [-0.39, 0.29) is 5.91 Å². The normalized spacial score (nSPS) is 11.0. The van der Waals surface area contributed by atoms with Gasteiger partial charge in [-0.05, 0) is 37.0 Å². The van der Waals surface area contributed by atoms with Crippen molar-refractivity contribution >= 4 is 17.6 Å². The molecule has 0 saturated carbocycles. The molecule has 10 nitrogen and oxygen atoms in total. The van der Waals surface area contributed by atoms with Crippen LogP contribution >= 0.6 is 0 Å². The molecule has 1 amide bonds. The zero-order valence-electron chi connectivity index (χ0n) is 14.2. The molecular weight excluding hydrogens is 366 g/mol. The van der Waals surface area contributed by atoms with Crippen LogP contribution in [0.4, 0.5) is 5.95 Å². The Labute approximate surface area is 150 Å². The van der Waals surface area contributed by atoms with E-state index in [9.17, 15) is 4.79 Å². The average Bonchev–Trinajstić information content (AvgIpc) is 2.83. The van der Waals surface area contributed by atoms with Crippen molar-refractivity contribution in [3.8, 4) is 5.69 Å². The number of anilines is 1. The molecule has 138 valence electrons. The van der Waals surface area contributed by atoms with E-state index in [2.05, 4.69) is 15.3 Å². The number of fused-ring (bicyclic) bond motifs is 1. The fourth-order valence-electron chi connectivity index (χ4n) is 2.36. The average molecular weight is 382 g/mol. The maximum absolute atomic E-state index is 11.4. The molecular formula is C15H16ClN5O5. The number of aromatic nitrogens is 4. The Hall–Kier alpha value is -2.63. The predicted octanol–water partition coefficient (Wildman–Crippen LogP) is -3.17. The van der Waals surface area contributed by atoms with E-state index in [1.807, 2.05) is 59.4 Å². The summed E-state index contributed by atoms with van der Waals surface area (Å²) in [6.45, 7) is 5.37. The SMILES string of the molecule is CC(=O)Nc1nc2nc(C)cc(C)n2[n+]1-c1ccccc1.[O-][Cl+3]([O-])([O-])[O-]. The zero-order valence-corrected chi connectivity index (χ0v) is 14.9. The Morgan fingerprint density at radius 3 is 2.23 bits per heavy atom. The van der Waals surface area contributed by atoms with Crippen molar-refractivity contribution in [3.63, 3.8) is 0 Å². The lowest BCUT2D eigenvalue weighted by atomic mass is 10.3. The Kier molecular flexibility index (Phi) is 5.85. The Morgan fingerprint density at radius 1 is 1.12 bits per heavy atom. The van der Waals surface area contributed by atoms with Gasteiger partial charge < -0.3 is 0 Å². The molecule has 0 unspecified atom stereocenters. The number of aryl methyl sites for hydroxylation is 2. The van der Waals surface area contributed by atoms with Gasteiger partial charge in [-0.1, -0.05) is 18.2 Å². The van der Waals surface area contributed by atoms with E-state index in [1.54, 1.807) is 0 Å². The molecule has 1 N–H and O–H groups in total. The maximum atomic E-state index is 11.4. The van der Waals surface area contributed by atoms with E-state index in [0.717, 1.165) is 17.1 Å². The predicted molar refractivity (Wildman–Crippen MR) is 78.3 cm³/mol. The molecule has 0 aliphatic rings. The highest BCUT2D eigenvalue weighted by atomic mass is 35.7. The van der Waals surface area contributed by atoms with Gasteiger partial charge in [0.1, 0.15) is 5.69 Å². The molecule has 2 heterocycles. The number of rotatable bonds is 2. The highest BCUT2D eigenvalue weighted by Crippen LogP contribution is 2.10. The van der Waals surface area contributed by atoms with Crippen molar-refractivity contribution in [2.45, 2.75) is 20.8 Å². The minimum Gasteiger partial charge on any atom is -0.257 e. The Bertz CT molecular complexity index is 918. The zero-order chi connectivity index (χ0) is 19.5. The van der Waals surface area contributed by atoms with Crippen molar-refractivity contribution in [1.82, 2.24) is 14.5 Å². The fourth-order valence-corrected chi connectivity index (χ4v) is 2.36. The second-order valence-electron chi connectivity index (χ2n) is 5.29. The van der Waals surface area contributed by atoms with Crippen LogP contribution < -0.4 is 28.6 Å². The second kappa shape index (κ2) is 7.72. The molecule has 1 aromatic carbocycles. The first-order valence-corrected chi connectivity index (χ1v) is 8.53. The van der Waals surface area contributed by atoms with Crippen LogP contribution in [-0.4, -0.2) is 20.4 Å². The number of nitrogens with zero attached hydrogens (tertiary/aromatic N) is 4. The summed E-state index contributed by atoms with van der Waals surface area (Å²) in [7, 11) is -4.94. The number of hydrogen-bond acceptors (Lipinski definition) is 7. The lowest BCUT2D eigenvalue weighted by molar-refractivity contribution is -2.00. The van der Waals surface area contributed by atoms with Crippen LogP contribution in [-0.2, 0) is 4.79 Å². The highest BCUT2D eigenvalue weighted by Gasteiger charge is 2.24. The molecule has 3 rings (SSSR count).